The van der Waals surface area contributed by atoms with Crippen LogP contribution in [0.5, 0.6) is 0 Å². The van der Waals surface area contributed by atoms with Gasteiger partial charge in [-0.1, -0.05) is 366 Å². The van der Waals surface area contributed by atoms with Crippen LogP contribution in [0.1, 0.15) is 412 Å². The first-order valence-corrected chi connectivity index (χ1v) is 36.6. The van der Waals surface area contributed by atoms with E-state index in [1.807, 2.05) is 6.08 Å². The Hall–Kier alpha value is -1.66. The Morgan fingerprint density at radius 3 is 0.887 bits per heavy atom. The summed E-state index contributed by atoms with van der Waals surface area (Å²) in [4.78, 5) is 24.6. The van der Waals surface area contributed by atoms with Gasteiger partial charge in [0, 0.05) is 12.8 Å². The minimum absolute atomic E-state index is 0.0188. The molecule has 0 saturated carbocycles. The average molecular weight is 1130 g/mol. The number of aliphatic hydroxyl groups excluding tert-OH is 2. The van der Waals surface area contributed by atoms with Crippen molar-refractivity contribution < 1.29 is 24.5 Å². The Morgan fingerprint density at radius 2 is 0.588 bits per heavy atom. The van der Waals surface area contributed by atoms with Crippen molar-refractivity contribution in [1.29, 1.82) is 0 Å². The van der Waals surface area contributed by atoms with Gasteiger partial charge in [-0.05, 0) is 57.8 Å². The number of hydrogen-bond donors (Lipinski definition) is 3. The number of ether oxygens (including phenoxy) is 1. The van der Waals surface area contributed by atoms with Gasteiger partial charge in [0.25, 0.3) is 0 Å². The van der Waals surface area contributed by atoms with E-state index in [1.54, 1.807) is 6.08 Å². The molecule has 6 heteroatoms. The van der Waals surface area contributed by atoms with Crippen LogP contribution in [0.3, 0.4) is 0 Å². The Morgan fingerprint density at radius 1 is 0.338 bits per heavy atom. The lowest BCUT2D eigenvalue weighted by Crippen LogP contribution is -2.45. The van der Waals surface area contributed by atoms with Crippen LogP contribution >= 0.6 is 0 Å². The number of hydrogen-bond acceptors (Lipinski definition) is 5. The Bertz CT molecular complexity index is 1250. The molecule has 0 aromatic carbocycles. The molecule has 0 aromatic rings. The summed E-state index contributed by atoms with van der Waals surface area (Å²) in [5, 5.41) is 23.3. The smallest absolute Gasteiger partial charge is 0.305 e. The Kier molecular flexibility index (Phi) is 68.4. The SMILES string of the molecule is CCCCCCCCCCCCCCCCCCCC/C=C/C(O)C(CO)NC(=O)CCCCCCCCCCCCCCCCC/C=C\CCCCCCCCCCCCCCOC(=O)CCCCCCCCCCCCCC. The van der Waals surface area contributed by atoms with Crippen molar-refractivity contribution in [3.63, 3.8) is 0 Å². The van der Waals surface area contributed by atoms with Crippen molar-refractivity contribution in [1.82, 2.24) is 5.32 Å². The predicted molar refractivity (Wildman–Crippen MR) is 352 cm³/mol. The van der Waals surface area contributed by atoms with Gasteiger partial charge in [0.2, 0.25) is 5.91 Å². The van der Waals surface area contributed by atoms with Gasteiger partial charge in [0.15, 0.2) is 0 Å². The van der Waals surface area contributed by atoms with Crippen molar-refractivity contribution in [2.75, 3.05) is 13.2 Å². The van der Waals surface area contributed by atoms with Crippen molar-refractivity contribution >= 4 is 11.9 Å². The molecule has 0 aliphatic rings. The standard InChI is InChI=1S/C74H143NO5/c1-3-5-7-9-11-13-15-17-18-19-20-34-37-40-43-46-50-54-58-62-66-72(77)71(70-76)75-73(78)67-63-59-55-51-47-44-41-38-35-32-30-28-26-24-22-21-23-25-27-29-31-33-36-39-42-45-49-53-57-61-65-69-80-74(79)68-64-60-56-52-48-16-14-12-10-8-6-4-2/h23,25,62,66,71-72,76-77H,3-22,24,26-61,63-65,67-70H2,1-2H3,(H,75,78)/b25-23-,66-62+. The van der Waals surface area contributed by atoms with E-state index in [-0.39, 0.29) is 18.5 Å². The number of amides is 1. The third-order valence-electron chi connectivity index (χ3n) is 17.2. The number of rotatable bonds is 69. The molecule has 0 aliphatic heterocycles. The highest BCUT2D eigenvalue weighted by Crippen LogP contribution is 2.19. The molecule has 1 amide bonds. The highest BCUT2D eigenvalue weighted by Gasteiger charge is 2.18. The van der Waals surface area contributed by atoms with Gasteiger partial charge in [-0.2, -0.15) is 0 Å². The molecule has 2 unspecified atom stereocenters. The van der Waals surface area contributed by atoms with Crippen molar-refractivity contribution in [2.24, 2.45) is 0 Å². The van der Waals surface area contributed by atoms with E-state index in [4.69, 9.17) is 4.74 Å². The zero-order chi connectivity index (χ0) is 57.8. The number of carbonyl (C=O) groups is 2. The number of esters is 1. The average Bonchev–Trinajstić information content (AvgIpc) is 3.46. The molecule has 0 bridgehead atoms. The van der Waals surface area contributed by atoms with E-state index in [0.29, 0.717) is 19.4 Å². The lowest BCUT2D eigenvalue weighted by molar-refractivity contribution is -0.143. The zero-order valence-electron chi connectivity index (χ0n) is 54.3. The van der Waals surface area contributed by atoms with Gasteiger partial charge < -0.3 is 20.3 Å². The normalized spacial score (nSPS) is 12.6. The monoisotopic (exact) mass is 1130 g/mol. The first kappa shape index (κ1) is 78.3. The Balaban J connectivity index is 3.38. The first-order chi connectivity index (χ1) is 39.5. The number of allylic oxidation sites excluding steroid dienone is 3. The maximum atomic E-state index is 12.5. The fourth-order valence-electron chi connectivity index (χ4n) is 11.6. The van der Waals surface area contributed by atoms with Gasteiger partial charge >= 0.3 is 5.97 Å². The summed E-state index contributed by atoms with van der Waals surface area (Å²) in [6, 6.07) is -0.627. The van der Waals surface area contributed by atoms with Gasteiger partial charge in [-0.15, -0.1) is 0 Å². The molecular weight excluding hydrogens is 983 g/mol. The Labute approximate surface area is 501 Å². The molecule has 6 nitrogen and oxygen atoms in total. The van der Waals surface area contributed by atoms with Crippen molar-refractivity contribution in [3.8, 4) is 0 Å². The van der Waals surface area contributed by atoms with E-state index >= 15 is 0 Å². The second-order valence-corrected chi connectivity index (χ2v) is 25.3. The summed E-state index contributed by atoms with van der Waals surface area (Å²) in [5.41, 5.74) is 0. The summed E-state index contributed by atoms with van der Waals surface area (Å²) < 4.78 is 5.48. The van der Waals surface area contributed by atoms with Gasteiger partial charge in [0.05, 0.1) is 25.4 Å². The van der Waals surface area contributed by atoms with Crippen LogP contribution in [0.2, 0.25) is 0 Å². The summed E-state index contributed by atoms with van der Waals surface area (Å²) in [5.74, 6) is -0.0429. The highest BCUT2D eigenvalue weighted by molar-refractivity contribution is 5.76. The third-order valence-corrected chi connectivity index (χ3v) is 17.2. The summed E-state index contributed by atoms with van der Waals surface area (Å²) >= 11 is 0. The van der Waals surface area contributed by atoms with E-state index in [0.717, 1.165) is 38.5 Å². The molecule has 0 saturated heterocycles. The summed E-state index contributed by atoms with van der Waals surface area (Å²) in [6.07, 6.45) is 88.4. The van der Waals surface area contributed by atoms with Gasteiger partial charge in [0.1, 0.15) is 0 Å². The molecule has 80 heavy (non-hydrogen) atoms. The maximum Gasteiger partial charge on any atom is 0.305 e. The zero-order valence-corrected chi connectivity index (χ0v) is 54.3. The van der Waals surface area contributed by atoms with E-state index in [1.165, 1.54) is 347 Å². The molecule has 0 aromatic heterocycles. The van der Waals surface area contributed by atoms with Crippen LogP contribution in [0.4, 0.5) is 0 Å². The molecule has 3 N–H and O–H groups in total. The van der Waals surface area contributed by atoms with Crippen LogP contribution < -0.4 is 5.32 Å². The summed E-state index contributed by atoms with van der Waals surface area (Å²) in [6.45, 7) is 4.95. The van der Waals surface area contributed by atoms with Crippen LogP contribution in [-0.2, 0) is 14.3 Å². The molecule has 0 spiro atoms. The predicted octanol–water partition coefficient (Wildman–Crippen LogP) is 23.7. The fraction of sp³-hybridized carbons (Fsp3) is 0.919. The van der Waals surface area contributed by atoms with Crippen molar-refractivity contribution in [2.45, 2.75) is 424 Å². The van der Waals surface area contributed by atoms with Crippen LogP contribution in [0.15, 0.2) is 24.3 Å². The first-order valence-electron chi connectivity index (χ1n) is 36.6. The fourth-order valence-corrected chi connectivity index (χ4v) is 11.6. The van der Waals surface area contributed by atoms with E-state index in [9.17, 15) is 19.8 Å². The molecule has 0 fully saturated rings. The minimum atomic E-state index is -0.844. The molecule has 474 valence electrons. The summed E-state index contributed by atoms with van der Waals surface area (Å²) in [7, 11) is 0. The second-order valence-electron chi connectivity index (χ2n) is 25.3. The lowest BCUT2D eigenvalue weighted by atomic mass is 10.0. The number of nitrogens with one attached hydrogen (secondary N) is 1. The van der Waals surface area contributed by atoms with Crippen molar-refractivity contribution in [3.05, 3.63) is 24.3 Å². The third kappa shape index (κ3) is 65.5. The molecule has 0 aliphatic carbocycles. The number of unbranched alkanes of at least 4 members (excludes halogenated alkanes) is 56. The number of aliphatic hydroxyl groups is 2. The van der Waals surface area contributed by atoms with Gasteiger partial charge in [-0.25, -0.2) is 0 Å². The molecule has 0 heterocycles. The second kappa shape index (κ2) is 69.8. The molecule has 0 rings (SSSR count). The molecular formula is C74H143NO5. The van der Waals surface area contributed by atoms with Gasteiger partial charge in [-0.3, -0.25) is 9.59 Å². The largest absolute Gasteiger partial charge is 0.466 e. The lowest BCUT2D eigenvalue weighted by Gasteiger charge is -2.20. The number of carbonyl (C=O) groups excluding carboxylic acids is 2. The maximum absolute atomic E-state index is 12.5. The van der Waals surface area contributed by atoms with Crippen LogP contribution in [-0.4, -0.2) is 47.4 Å². The molecule has 0 radical (unpaired) electrons. The van der Waals surface area contributed by atoms with E-state index in [2.05, 4.69) is 31.3 Å². The van der Waals surface area contributed by atoms with E-state index < -0.39 is 12.1 Å². The molecule has 2 atom stereocenters. The van der Waals surface area contributed by atoms with Crippen LogP contribution in [0.25, 0.3) is 0 Å². The quantitative estimate of drug-likeness (QED) is 0.0320. The highest BCUT2D eigenvalue weighted by atomic mass is 16.5. The topological polar surface area (TPSA) is 95.9 Å². The van der Waals surface area contributed by atoms with Crippen LogP contribution in [0, 0.1) is 0 Å². The minimum Gasteiger partial charge on any atom is -0.466 e.